The molecule has 0 unspecified atom stereocenters. The van der Waals surface area contributed by atoms with E-state index in [1.54, 1.807) is 30.2 Å². The molecule has 1 aromatic carbocycles. The van der Waals surface area contributed by atoms with Gasteiger partial charge in [-0.1, -0.05) is 0 Å². The largest absolute Gasteiger partial charge is 0.490 e. The Morgan fingerprint density at radius 1 is 1.24 bits per heavy atom. The molecule has 3 aromatic heterocycles. The molecule has 4 aromatic rings. The Morgan fingerprint density at radius 2 is 1.92 bits per heavy atom. The molecule has 0 aliphatic carbocycles. The summed E-state index contributed by atoms with van der Waals surface area (Å²) in [5.41, 5.74) is 8.32. The minimum absolute atomic E-state index is 0.234. The van der Waals surface area contributed by atoms with E-state index in [0.29, 0.717) is 40.2 Å². The molecule has 0 saturated heterocycles. The van der Waals surface area contributed by atoms with Crippen LogP contribution in [0.4, 0.5) is 17.6 Å². The van der Waals surface area contributed by atoms with E-state index in [9.17, 15) is 22.4 Å². The van der Waals surface area contributed by atoms with Crippen LogP contribution in [0.15, 0.2) is 30.6 Å². The number of amides is 1. The number of H-pyrrole nitrogens is 1. The van der Waals surface area contributed by atoms with Crippen molar-refractivity contribution in [2.75, 3.05) is 6.54 Å². The first-order valence-corrected chi connectivity index (χ1v) is 11.0. The molecule has 0 atom stereocenters. The van der Waals surface area contributed by atoms with Crippen molar-refractivity contribution < 1.29 is 32.3 Å². The number of carbonyl (C=O) groups excluding carboxylic acids is 1. The Kier molecular flexibility index (Phi) is 7.81. The summed E-state index contributed by atoms with van der Waals surface area (Å²) in [6.45, 7) is 4.50. The number of hydrogen-bond acceptors (Lipinski definition) is 6. The van der Waals surface area contributed by atoms with Gasteiger partial charge in [0.25, 0.3) is 5.91 Å². The molecule has 3 heterocycles. The SMILES string of the molecule is Cn1nc(-c2cnc3[nH]cc(C(=O)NC(C)(C)CCCN)c3n2)c2ccc(F)cc21.O=C(O)C(F)(F)F. The zero-order chi connectivity index (χ0) is 27.5. The quantitative estimate of drug-likeness (QED) is 0.282. The maximum atomic E-state index is 13.6. The Hall–Kier alpha value is -4.07. The molecular weight excluding hydrogens is 498 g/mol. The van der Waals surface area contributed by atoms with Gasteiger partial charge in [-0.05, 0) is 51.4 Å². The normalized spacial score (nSPS) is 11.9. The number of nitrogens with two attached hydrogens (primary N) is 1. The lowest BCUT2D eigenvalue weighted by Gasteiger charge is -2.25. The molecule has 0 aliphatic rings. The maximum absolute atomic E-state index is 13.6. The highest BCUT2D eigenvalue weighted by atomic mass is 19.4. The highest BCUT2D eigenvalue weighted by molar-refractivity contribution is 6.05. The van der Waals surface area contributed by atoms with Crippen LogP contribution in [0, 0.1) is 5.82 Å². The van der Waals surface area contributed by atoms with Gasteiger partial charge >= 0.3 is 12.1 Å². The summed E-state index contributed by atoms with van der Waals surface area (Å²) in [7, 11) is 1.75. The molecule has 10 nitrogen and oxygen atoms in total. The molecule has 4 rings (SSSR count). The molecule has 0 spiro atoms. The lowest BCUT2D eigenvalue weighted by atomic mass is 9.98. The van der Waals surface area contributed by atoms with Crippen molar-refractivity contribution in [3.63, 3.8) is 0 Å². The molecule has 0 saturated carbocycles. The number of carbonyl (C=O) groups is 2. The second-order valence-electron chi connectivity index (χ2n) is 8.82. The second-order valence-corrected chi connectivity index (χ2v) is 8.82. The molecule has 0 bridgehead atoms. The number of aromatic amines is 1. The van der Waals surface area contributed by atoms with Crippen LogP contribution in [0.1, 0.15) is 37.0 Å². The number of nitrogens with zero attached hydrogens (tertiary/aromatic N) is 4. The molecule has 198 valence electrons. The van der Waals surface area contributed by atoms with Crippen LogP contribution in [0.3, 0.4) is 0 Å². The van der Waals surface area contributed by atoms with E-state index in [1.165, 1.54) is 12.1 Å². The number of aryl methyl sites for hydroxylation is 1. The van der Waals surface area contributed by atoms with Gasteiger partial charge in [-0.25, -0.2) is 19.2 Å². The summed E-state index contributed by atoms with van der Waals surface area (Å²) in [4.78, 5) is 33.9. The molecule has 0 radical (unpaired) electrons. The number of carboxylic acids is 1. The van der Waals surface area contributed by atoms with Crippen LogP contribution in [-0.2, 0) is 11.8 Å². The third kappa shape index (κ3) is 6.39. The monoisotopic (exact) mass is 523 g/mol. The van der Waals surface area contributed by atoms with Gasteiger partial charge in [0.2, 0.25) is 0 Å². The number of aromatic nitrogens is 5. The van der Waals surface area contributed by atoms with Crippen LogP contribution in [0.5, 0.6) is 0 Å². The van der Waals surface area contributed by atoms with Gasteiger partial charge in [0.15, 0.2) is 5.65 Å². The van der Waals surface area contributed by atoms with Crippen LogP contribution in [-0.4, -0.2) is 60.0 Å². The summed E-state index contributed by atoms with van der Waals surface area (Å²) < 4.78 is 47.0. The number of halogens is 4. The Morgan fingerprint density at radius 3 is 2.54 bits per heavy atom. The number of hydrogen-bond donors (Lipinski definition) is 4. The molecule has 5 N–H and O–H groups in total. The number of benzene rings is 1. The Bertz CT molecular complexity index is 1440. The van der Waals surface area contributed by atoms with Gasteiger partial charge in [0.1, 0.15) is 22.7 Å². The first-order chi connectivity index (χ1) is 17.2. The highest BCUT2D eigenvalue weighted by Crippen LogP contribution is 2.28. The zero-order valence-corrected chi connectivity index (χ0v) is 20.1. The van der Waals surface area contributed by atoms with Gasteiger partial charge in [-0.15, -0.1) is 0 Å². The predicted octanol–water partition coefficient (Wildman–Crippen LogP) is 3.53. The van der Waals surface area contributed by atoms with Crippen molar-refractivity contribution in [3.8, 4) is 11.4 Å². The van der Waals surface area contributed by atoms with E-state index in [2.05, 4.69) is 25.4 Å². The average Bonchev–Trinajstić information content (AvgIpc) is 3.38. The van der Waals surface area contributed by atoms with E-state index in [0.717, 1.165) is 18.2 Å². The fourth-order valence-corrected chi connectivity index (χ4v) is 3.58. The first-order valence-electron chi connectivity index (χ1n) is 11.0. The van der Waals surface area contributed by atoms with E-state index < -0.39 is 17.7 Å². The van der Waals surface area contributed by atoms with Crippen molar-refractivity contribution in [1.82, 2.24) is 30.0 Å². The van der Waals surface area contributed by atoms with Crippen molar-refractivity contribution in [3.05, 3.63) is 42.0 Å². The third-order valence-electron chi connectivity index (χ3n) is 5.38. The summed E-state index contributed by atoms with van der Waals surface area (Å²) in [5, 5.41) is 15.4. The molecule has 1 amide bonds. The van der Waals surface area contributed by atoms with Crippen LogP contribution in [0.2, 0.25) is 0 Å². The van der Waals surface area contributed by atoms with Crippen molar-refractivity contribution >= 4 is 33.9 Å². The second kappa shape index (κ2) is 10.5. The molecular formula is C23H25F4N7O3. The van der Waals surface area contributed by atoms with Crippen molar-refractivity contribution in [2.24, 2.45) is 12.8 Å². The number of rotatable bonds is 6. The van der Waals surface area contributed by atoms with Crippen molar-refractivity contribution in [1.29, 1.82) is 0 Å². The zero-order valence-electron chi connectivity index (χ0n) is 20.1. The Balaban J connectivity index is 0.000000479. The third-order valence-corrected chi connectivity index (χ3v) is 5.38. The van der Waals surface area contributed by atoms with E-state index in [-0.39, 0.29) is 11.7 Å². The maximum Gasteiger partial charge on any atom is 0.490 e. The lowest BCUT2D eigenvalue weighted by Crippen LogP contribution is -2.43. The summed E-state index contributed by atoms with van der Waals surface area (Å²) >= 11 is 0. The van der Waals surface area contributed by atoms with Crippen molar-refractivity contribution in [2.45, 2.75) is 38.4 Å². The smallest absolute Gasteiger partial charge is 0.475 e. The van der Waals surface area contributed by atoms with Gasteiger partial charge in [-0.2, -0.15) is 18.3 Å². The molecule has 37 heavy (non-hydrogen) atoms. The Labute approximate surface area is 207 Å². The minimum Gasteiger partial charge on any atom is -0.475 e. The van der Waals surface area contributed by atoms with Crippen LogP contribution < -0.4 is 11.1 Å². The topological polar surface area (TPSA) is 152 Å². The van der Waals surface area contributed by atoms with Gasteiger partial charge < -0.3 is 21.1 Å². The lowest BCUT2D eigenvalue weighted by molar-refractivity contribution is -0.192. The van der Waals surface area contributed by atoms with Gasteiger partial charge in [-0.3, -0.25) is 9.48 Å². The summed E-state index contributed by atoms with van der Waals surface area (Å²) in [6.07, 6.45) is -0.297. The van der Waals surface area contributed by atoms with Crippen LogP contribution in [0.25, 0.3) is 33.5 Å². The number of fused-ring (bicyclic) bond motifs is 2. The fraction of sp³-hybridized carbons (Fsp3) is 0.348. The number of aliphatic carboxylic acids is 1. The predicted molar refractivity (Wildman–Crippen MR) is 127 cm³/mol. The van der Waals surface area contributed by atoms with E-state index in [4.69, 9.17) is 15.6 Å². The summed E-state index contributed by atoms with van der Waals surface area (Å²) in [6, 6.07) is 4.48. The average molecular weight is 523 g/mol. The minimum atomic E-state index is -5.08. The van der Waals surface area contributed by atoms with Gasteiger partial charge in [0.05, 0.1) is 17.3 Å². The fourth-order valence-electron chi connectivity index (χ4n) is 3.58. The molecule has 0 fully saturated rings. The standard InChI is InChI=1S/C21H24FN7O.C2HF3O2/c1-21(2,7-4-8-23)27-20(30)14-10-24-19-18(14)26-15(11-25-19)17-13-6-5-12(22)9-16(13)29(3)28-17;3-2(4,5)1(6)7/h5-6,9-11H,4,7-8,23H2,1-3H3,(H,24,25)(H,27,30);(H,6,7). The highest BCUT2D eigenvalue weighted by Gasteiger charge is 2.38. The number of carboxylic acid groups (broad SMARTS) is 1. The van der Waals surface area contributed by atoms with E-state index in [1.807, 2.05) is 13.8 Å². The molecule has 14 heteroatoms. The van der Waals surface area contributed by atoms with Crippen LogP contribution >= 0.6 is 0 Å². The molecule has 0 aliphatic heterocycles. The summed E-state index contributed by atoms with van der Waals surface area (Å²) in [5.74, 6) is -3.32. The van der Waals surface area contributed by atoms with E-state index >= 15 is 0 Å². The number of nitrogens with one attached hydrogen (secondary N) is 2. The van der Waals surface area contributed by atoms with Gasteiger partial charge in [0, 0.05) is 24.2 Å². The first kappa shape index (κ1) is 27.5. The number of alkyl halides is 3.